The van der Waals surface area contributed by atoms with Gasteiger partial charge in [0.25, 0.3) is 0 Å². The topological polar surface area (TPSA) is 12.0 Å². The lowest BCUT2D eigenvalue weighted by molar-refractivity contribution is 0.618. The van der Waals surface area contributed by atoms with Gasteiger partial charge in [-0.3, -0.25) is 0 Å². The van der Waals surface area contributed by atoms with Crippen LogP contribution in [-0.4, -0.2) is 20.9 Å². The maximum Gasteiger partial charge on any atom is 0.155 e. The summed E-state index contributed by atoms with van der Waals surface area (Å²) in [4.78, 5) is 0. The van der Waals surface area contributed by atoms with Crippen LogP contribution in [0.2, 0.25) is 6.32 Å². The molecule has 1 atom stereocenters. The maximum atomic E-state index is 4.80. The van der Waals surface area contributed by atoms with Gasteiger partial charge in [0.15, 0.2) is 7.28 Å². The molecule has 0 amide bonds. The van der Waals surface area contributed by atoms with Crippen molar-refractivity contribution in [1.29, 1.82) is 0 Å². The Morgan fingerprint density at radius 2 is 1.78 bits per heavy atom. The zero-order chi connectivity index (χ0) is 29.9. The third-order valence-corrected chi connectivity index (χ3v) is 7.40. The molecule has 1 aliphatic rings. The van der Waals surface area contributed by atoms with Crippen molar-refractivity contribution in [3.8, 4) is 0 Å². The third-order valence-electron chi connectivity index (χ3n) is 7.40. The zero-order valence-corrected chi connectivity index (χ0v) is 26.0. The largest absolute Gasteiger partial charge is 0.316 e. The minimum atomic E-state index is -0.449. The molecule has 1 N–H and O–H groups in total. The van der Waals surface area contributed by atoms with E-state index in [2.05, 4.69) is 155 Å². The van der Waals surface area contributed by atoms with Gasteiger partial charge in [0.05, 0.1) is 0 Å². The van der Waals surface area contributed by atoms with Gasteiger partial charge in [0, 0.05) is 12.0 Å². The molecule has 0 saturated heterocycles. The molecule has 2 rings (SSSR count). The Labute approximate surface area is 251 Å². The quantitative estimate of drug-likeness (QED) is 0.149. The number of rotatable bonds is 13. The normalized spacial score (nSPS) is 22.0. The minimum Gasteiger partial charge on any atom is -0.316 e. The molecule has 0 heterocycles. The molecular weight excluding hydrogens is 493 g/mol. The van der Waals surface area contributed by atoms with E-state index in [0.717, 1.165) is 43.3 Å². The number of hydrogen-bond donors (Lipinski definition) is 1. The molecule has 1 nitrogen and oxygen atoms in total. The van der Waals surface area contributed by atoms with Crippen molar-refractivity contribution in [3.63, 3.8) is 0 Å². The maximum absolute atomic E-state index is 4.80. The summed E-state index contributed by atoms with van der Waals surface area (Å²) in [7, 11) is 4.27. The van der Waals surface area contributed by atoms with Gasteiger partial charge in [-0.15, -0.1) is 0 Å². The second kappa shape index (κ2) is 18.7. The van der Waals surface area contributed by atoms with Gasteiger partial charge in [-0.25, -0.2) is 0 Å². The molecule has 0 spiro atoms. The van der Waals surface area contributed by atoms with Crippen LogP contribution in [0.15, 0.2) is 162 Å². The smallest absolute Gasteiger partial charge is 0.155 e. The third kappa shape index (κ3) is 10.4. The van der Waals surface area contributed by atoms with Crippen LogP contribution < -0.4 is 5.32 Å². The lowest BCUT2D eigenvalue weighted by Crippen LogP contribution is -2.30. The van der Waals surface area contributed by atoms with E-state index in [0.29, 0.717) is 0 Å². The second-order valence-electron chi connectivity index (χ2n) is 10.4. The molecule has 0 fully saturated rings. The Morgan fingerprint density at radius 1 is 1.02 bits per heavy atom. The molecule has 0 saturated carbocycles. The molecule has 1 aromatic carbocycles. The summed E-state index contributed by atoms with van der Waals surface area (Å²) in [6, 6.07) is 10.7. The van der Waals surface area contributed by atoms with Crippen molar-refractivity contribution >= 4 is 7.28 Å². The highest BCUT2D eigenvalue weighted by atomic mass is 14.8. The van der Waals surface area contributed by atoms with Gasteiger partial charge in [-0.05, 0) is 74.9 Å². The number of benzene rings is 1. The molecule has 0 aromatic heterocycles. The molecule has 2 heteroatoms. The van der Waals surface area contributed by atoms with Crippen LogP contribution in [0.4, 0.5) is 0 Å². The average molecular weight is 543 g/mol. The first-order chi connectivity index (χ1) is 19.9. The van der Waals surface area contributed by atoms with Crippen molar-refractivity contribution in [2.45, 2.75) is 58.7 Å². The highest BCUT2D eigenvalue weighted by Gasteiger charge is 2.37. The SMILES string of the molecule is C=C1/C=C\C=C/C\C(=C(C)/C=C/C([B]C/C(C)=C\CNC)=C\C=C/C)C(=C)C1(C/C=C\C=C/CC)c1ccccc1. The Hall–Kier alpha value is -3.62. The summed E-state index contributed by atoms with van der Waals surface area (Å²) >= 11 is 0. The van der Waals surface area contributed by atoms with Crippen molar-refractivity contribution in [2.24, 2.45) is 0 Å². The summed E-state index contributed by atoms with van der Waals surface area (Å²) in [5.41, 5.74) is 7.92. The number of allylic oxidation sites excluding steroid dienone is 19. The van der Waals surface area contributed by atoms with Gasteiger partial charge in [0.2, 0.25) is 0 Å². The van der Waals surface area contributed by atoms with Crippen molar-refractivity contribution in [3.05, 3.63) is 167 Å². The van der Waals surface area contributed by atoms with Crippen LogP contribution in [-0.2, 0) is 5.41 Å². The monoisotopic (exact) mass is 542 g/mol. The molecule has 1 radical (unpaired) electrons. The van der Waals surface area contributed by atoms with Crippen LogP contribution in [0, 0.1) is 0 Å². The van der Waals surface area contributed by atoms with Crippen LogP contribution in [0.5, 0.6) is 0 Å². The van der Waals surface area contributed by atoms with Crippen LogP contribution in [0.3, 0.4) is 0 Å². The van der Waals surface area contributed by atoms with E-state index >= 15 is 0 Å². The summed E-state index contributed by atoms with van der Waals surface area (Å²) in [5, 5.41) is 3.19. The number of hydrogen-bond acceptors (Lipinski definition) is 1. The van der Waals surface area contributed by atoms with Crippen LogP contribution >= 0.6 is 0 Å². The predicted octanol–water partition coefficient (Wildman–Crippen LogP) is 10.1. The summed E-state index contributed by atoms with van der Waals surface area (Å²) < 4.78 is 0. The molecule has 213 valence electrons. The van der Waals surface area contributed by atoms with Gasteiger partial charge < -0.3 is 5.32 Å². The number of nitrogens with one attached hydrogen (secondary N) is 1. The summed E-state index contributed by atoms with van der Waals surface area (Å²) in [5.74, 6) is 0. The Balaban J connectivity index is 2.59. The van der Waals surface area contributed by atoms with Gasteiger partial charge in [0.1, 0.15) is 0 Å². The molecule has 0 bridgehead atoms. The molecule has 1 unspecified atom stereocenters. The fourth-order valence-electron chi connectivity index (χ4n) is 4.90. The molecule has 41 heavy (non-hydrogen) atoms. The Kier molecular flexibility index (Phi) is 15.3. The first kappa shape index (κ1) is 33.6. The highest BCUT2D eigenvalue weighted by Crippen LogP contribution is 2.47. The van der Waals surface area contributed by atoms with E-state index in [-0.39, 0.29) is 0 Å². The zero-order valence-electron chi connectivity index (χ0n) is 26.0. The van der Waals surface area contributed by atoms with Gasteiger partial charge in [-0.1, -0.05) is 153 Å². The van der Waals surface area contributed by atoms with E-state index in [1.807, 2.05) is 14.0 Å². The highest BCUT2D eigenvalue weighted by molar-refractivity contribution is 6.47. The number of likely N-dealkylation sites (N-methyl/N-ethyl adjacent to an activating group) is 1. The van der Waals surface area contributed by atoms with Crippen molar-refractivity contribution < 1.29 is 0 Å². The van der Waals surface area contributed by atoms with Crippen molar-refractivity contribution in [1.82, 2.24) is 5.32 Å². The minimum absolute atomic E-state index is 0.449. The Bertz CT molecular complexity index is 1270. The summed E-state index contributed by atoms with van der Waals surface area (Å²) in [6.07, 6.45) is 33.9. The van der Waals surface area contributed by atoms with E-state index < -0.39 is 5.41 Å². The van der Waals surface area contributed by atoms with E-state index in [9.17, 15) is 0 Å². The van der Waals surface area contributed by atoms with E-state index in [4.69, 9.17) is 6.58 Å². The molecule has 1 aliphatic carbocycles. The molecule has 1 aromatic rings. The lowest BCUT2D eigenvalue weighted by atomic mass is 9.63. The Morgan fingerprint density at radius 3 is 2.49 bits per heavy atom. The molecular formula is C39H49BN. The van der Waals surface area contributed by atoms with Crippen LogP contribution in [0.1, 0.15) is 52.5 Å². The molecule has 0 aliphatic heterocycles. The fraction of sp³-hybridized carbons (Fsp3) is 0.282. The van der Waals surface area contributed by atoms with Gasteiger partial charge in [-0.2, -0.15) is 0 Å². The first-order valence-corrected chi connectivity index (χ1v) is 14.8. The first-order valence-electron chi connectivity index (χ1n) is 14.8. The fourth-order valence-corrected chi connectivity index (χ4v) is 4.90. The standard InChI is InChI=1S/C39H49BN/c1-8-10-12-13-20-29-39(36-22-17-15-18-23-36)34(5)21-16-14-19-25-38(35(39)6)33(4)26-27-37(24-11-9-2)40-31-32(3)28-30-41-7/h9-24,26-28,41H,5-6,8,25,29-31H2,1-4,7H3/b11-9-,12-10-,19-14-,20-13-,21-16-,27-26+,32-28-,37-24+,38-33+. The predicted molar refractivity (Wildman–Crippen MR) is 185 cm³/mol. The van der Waals surface area contributed by atoms with E-state index in [1.165, 1.54) is 27.8 Å². The van der Waals surface area contributed by atoms with Crippen molar-refractivity contribution in [2.75, 3.05) is 13.6 Å². The lowest BCUT2D eigenvalue weighted by Gasteiger charge is -2.38. The average Bonchev–Trinajstić information content (AvgIpc) is 3.04. The second-order valence-corrected chi connectivity index (χ2v) is 10.4. The van der Waals surface area contributed by atoms with Gasteiger partial charge >= 0.3 is 0 Å². The summed E-state index contributed by atoms with van der Waals surface area (Å²) in [6.45, 7) is 18.9. The van der Waals surface area contributed by atoms with Crippen LogP contribution in [0.25, 0.3) is 0 Å². The van der Waals surface area contributed by atoms with E-state index in [1.54, 1.807) is 0 Å².